The van der Waals surface area contributed by atoms with Crippen molar-refractivity contribution in [2.75, 3.05) is 12.3 Å². The van der Waals surface area contributed by atoms with E-state index in [0.29, 0.717) is 12.1 Å². The maximum absolute atomic E-state index is 12.9. The number of rotatable bonds is 4. The topological polar surface area (TPSA) is 70.1 Å². The Labute approximate surface area is 138 Å². The van der Waals surface area contributed by atoms with Crippen molar-refractivity contribution in [3.8, 4) is 0 Å². The minimum absolute atomic E-state index is 0.0488. The Morgan fingerprint density at radius 1 is 1.38 bits per heavy atom. The molecule has 2 aromatic rings. The molecule has 1 aliphatic carbocycles. The number of alkyl halides is 2. The zero-order valence-corrected chi connectivity index (χ0v) is 13.5. The SMILES string of the molecule is CCOC(=O)C1CCC(n2cc3cc(N)c(C(F)F)cc3n2)CC1. The van der Waals surface area contributed by atoms with Crippen LogP contribution in [-0.4, -0.2) is 22.4 Å². The number of carbonyl (C=O) groups is 1. The van der Waals surface area contributed by atoms with Gasteiger partial charge in [-0.3, -0.25) is 9.48 Å². The first-order chi connectivity index (χ1) is 11.5. The van der Waals surface area contributed by atoms with Crippen molar-refractivity contribution in [1.82, 2.24) is 9.78 Å². The van der Waals surface area contributed by atoms with Crippen LogP contribution < -0.4 is 5.73 Å². The molecule has 0 unspecified atom stereocenters. The van der Waals surface area contributed by atoms with Crippen molar-refractivity contribution in [1.29, 1.82) is 0 Å². The van der Waals surface area contributed by atoms with Gasteiger partial charge in [0.25, 0.3) is 6.43 Å². The molecule has 1 aromatic carbocycles. The number of aromatic nitrogens is 2. The molecule has 0 bridgehead atoms. The Morgan fingerprint density at radius 2 is 2.08 bits per heavy atom. The second-order valence-electron chi connectivity index (χ2n) is 6.21. The number of ether oxygens (including phenoxy) is 1. The summed E-state index contributed by atoms with van der Waals surface area (Å²) in [5, 5.41) is 5.19. The quantitative estimate of drug-likeness (QED) is 0.679. The van der Waals surface area contributed by atoms with E-state index >= 15 is 0 Å². The molecule has 1 aromatic heterocycles. The molecule has 1 aliphatic rings. The number of hydrogen-bond donors (Lipinski definition) is 1. The molecule has 1 fully saturated rings. The molecule has 0 atom stereocenters. The lowest BCUT2D eigenvalue weighted by Crippen LogP contribution is -2.25. The standard InChI is InChI=1S/C17H21F2N3O2/c1-2-24-17(23)10-3-5-12(6-4-10)22-9-11-7-14(20)13(16(18)19)8-15(11)21-22/h7-10,12,16H,2-6,20H2,1H3. The summed E-state index contributed by atoms with van der Waals surface area (Å²) < 4.78 is 32.8. The fraction of sp³-hybridized carbons (Fsp3) is 0.529. The molecular weight excluding hydrogens is 316 g/mol. The first-order valence-corrected chi connectivity index (χ1v) is 8.22. The van der Waals surface area contributed by atoms with Crippen molar-refractivity contribution in [3.05, 3.63) is 23.9 Å². The number of carbonyl (C=O) groups excluding carboxylic acids is 1. The molecule has 0 amide bonds. The Hall–Kier alpha value is -2.18. The number of nitrogens with two attached hydrogens (primary N) is 1. The lowest BCUT2D eigenvalue weighted by atomic mass is 9.86. The van der Waals surface area contributed by atoms with E-state index in [1.807, 2.05) is 10.9 Å². The molecule has 0 spiro atoms. The summed E-state index contributed by atoms with van der Waals surface area (Å²) in [5.41, 5.74) is 6.11. The van der Waals surface area contributed by atoms with E-state index in [0.717, 1.165) is 31.1 Å². The summed E-state index contributed by atoms with van der Waals surface area (Å²) in [6.07, 6.45) is 2.37. The number of esters is 1. The van der Waals surface area contributed by atoms with Crippen molar-refractivity contribution >= 4 is 22.6 Å². The number of nitrogen functional groups attached to an aromatic ring is 1. The van der Waals surface area contributed by atoms with Gasteiger partial charge in [0.15, 0.2) is 0 Å². The van der Waals surface area contributed by atoms with Crippen LogP contribution in [0.25, 0.3) is 10.9 Å². The molecule has 24 heavy (non-hydrogen) atoms. The summed E-state index contributed by atoms with van der Waals surface area (Å²) in [7, 11) is 0. The Bertz CT molecular complexity index is 737. The van der Waals surface area contributed by atoms with Gasteiger partial charge in [-0.15, -0.1) is 0 Å². The second kappa shape index (κ2) is 6.75. The van der Waals surface area contributed by atoms with Crippen molar-refractivity contribution in [2.45, 2.75) is 45.1 Å². The zero-order valence-electron chi connectivity index (χ0n) is 13.5. The minimum Gasteiger partial charge on any atom is -0.466 e. The molecule has 2 N–H and O–H groups in total. The van der Waals surface area contributed by atoms with Crippen LogP contribution in [0.3, 0.4) is 0 Å². The van der Waals surface area contributed by atoms with Gasteiger partial charge < -0.3 is 10.5 Å². The van der Waals surface area contributed by atoms with E-state index in [4.69, 9.17) is 10.5 Å². The second-order valence-corrected chi connectivity index (χ2v) is 6.21. The zero-order chi connectivity index (χ0) is 17.3. The van der Waals surface area contributed by atoms with Crippen LogP contribution in [0.15, 0.2) is 18.3 Å². The van der Waals surface area contributed by atoms with Crippen LogP contribution in [0.1, 0.15) is 50.6 Å². The predicted octanol–water partition coefficient (Wildman–Crippen LogP) is 3.85. The van der Waals surface area contributed by atoms with Crippen LogP contribution in [0.2, 0.25) is 0 Å². The Morgan fingerprint density at radius 3 is 2.71 bits per heavy atom. The third kappa shape index (κ3) is 3.20. The molecular formula is C17H21F2N3O2. The number of benzene rings is 1. The van der Waals surface area contributed by atoms with Crippen LogP contribution in [-0.2, 0) is 9.53 Å². The fourth-order valence-electron chi connectivity index (χ4n) is 3.34. The van der Waals surface area contributed by atoms with Gasteiger partial charge in [0.05, 0.1) is 24.1 Å². The molecule has 0 radical (unpaired) electrons. The third-order valence-corrected chi connectivity index (χ3v) is 4.65. The number of nitrogens with zero attached hydrogens (tertiary/aromatic N) is 2. The van der Waals surface area contributed by atoms with Crippen molar-refractivity contribution < 1.29 is 18.3 Å². The Kier molecular flexibility index (Phi) is 4.69. The highest BCUT2D eigenvalue weighted by Gasteiger charge is 2.28. The maximum atomic E-state index is 12.9. The van der Waals surface area contributed by atoms with Gasteiger partial charge in [-0.2, -0.15) is 5.10 Å². The number of halogens is 2. The summed E-state index contributed by atoms with van der Waals surface area (Å²) in [4.78, 5) is 11.8. The normalized spacial score (nSPS) is 21.3. The van der Waals surface area contributed by atoms with E-state index in [2.05, 4.69) is 5.10 Å². The minimum atomic E-state index is -2.61. The fourth-order valence-corrected chi connectivity index (χ4v) is 3.34. The molecule has 5 nitrogen and oxygen atoms in total. The predicted molar refractivity (Wildman–Crippen MR) is 86.7 cm³/mol. The van der Waals surface area contributed by atoms with E-state index < -0.39 is 6.43 Å². The van der Waals surface area contributed by atoms with Gasteiger partial charge in [-0.05, 0) is 44.7 Å². The van der Waals surface area contributed by atoms with Crippen LogP contribution in [0.5, 0.6) is 0 Å². The van der Waals surface area contributed by atoms with Crippen LogP contribution in [0.4, 0.5) is 14.5 Å². The largest absolute Gasteiger partial charge is 0.466 e. The van der Waals surface area contributed by atoms with Gasteiger partial charge in [0.2, 0.25) is 0 Å². The molecule has 3 rings (SSSR count). The highest BCUT2D eigenvalue weighted by atomic mass is 19.3. The summed E-state index contributed by atoms with van der Waals surface area (Å²) in [6, 6.07) is 3.07. The maximum Gasteiger partial charge on any atom is 0.308 e. The summed E-state index contributed by atoms with van der Waals surface area (Å²) in [5.74, 6) is -0.178. The monoisotopic (exact) mass is 337 g/mol. The lowest BCUT2D eigenvalue weighted by molar-refractivity contribution is -0.149. The van der Waals surface area contributed by atoms with Gasteiger partial charge in [0.1, 0.15) is 0 Å². The van der Waals surface area contributed by atoms with Gasteiger partial charge >= 0.3 is 5.97 Å². The average molecular weight is 337 g/mol. The van der Waals surface area contributed by atoms with E-state index in [1.54, 1.807) is 13.0 Å². The van der Waals surface area contributed by atoms with Gasteiger partial charge in [0, 0.05) is 22.8 Å². The van der Waals surface area contributed by atoms with Gasteiger partial charge in [-0.25, -0.2) is 8.78 Å². The van der Waals surface area contributed by atoms with Crippen molar-refractivity contribution in [3.63, 3.8) is 0 Å². The first kappa shape index (κ1) is 16.7. The third-order valence-electron chi connectivity index (χ3n) is 4.65. The average Bonchev–Trinajstić information content (AvgIpc) is 2.97. The van der Waals surface area contributed by atoms with E-state index in [9.17, 15) is 13.6 Å². The number of fused-ring (bicyclic) bond motifs is 1. The van der Waals surface area contributed by atoms with Crippen LogP contribution >= 0.6 is 0 Å². The molecule has 0 saturated heterocycles. The molecule has 7 heteroatoms. The molecule has 0 aliphatic heterocycles. The smallest absolute Gasteiger partial charge is 0.308 e. The van der Waals surface area contributed by atoms with Crippen molar-refractivity contribution in [2.24, 2.45) is 5.92 Å². The number of hydrogen-bond acceptors (Lipinski definition) is 4. The van der Waals surface area contributed by atoms with Crippen LogP contribution in [0, 0.1) is 5.92 Å². The highest BCUT2D eigenvalue weighted by Crippen LogP contribution is 2.34. The first-order valence-electron chi connectivity index (χ1n) is 8.22. The highest BCUT2D eigenvalue weighted by molar-refractivity contribution is 5.83. The van der Waals surface area contributed by atoms with E-state index in [-0.39, 0.29) is 29.2 Å². The lowest BCUT2D eigenvalue weighted by Gasteiger charge is -2.27. The molecule has 130 valence electrons. The van der Waals surface area contributed by atoms with Gasteiger partial charge in [-0.1, -0.05) is 0 Å². The summed E-state index contributed by atoms with van der Waals surface area (Å²) in [6.45, 7) is 2.20. The Balaban J connectivity index is 1.75. The number of anilines is 1. The summed E-state index contributed by atoms with van der Waals surface area (Å²) >= 11 is 0. The van der Waals surface area contributed by atoms with E-state index in [1.165, 1.54) is 6.07 Å². The molecule has 1 saturated carbocycles. The molecule has 1 heterocycles.